The fourth-order valence-corrected chi connectivity index (χ4v) is 1.09. The fourth-order valence-electron chi connectivity index (χ4n) is 1.09. The third kappa shape index (κ3) is 3.02. The first-order chi connectivity index (χ1) is 7.54. The molecule has 4 nitrogen and oxygen atoms in total. The maximum absolute atomic E-state index is 11.2. The maximum atomic E-state index is 11.2. The molecule has 86 valence electrons. The van der Waals surface area contributed by atoms with Crippen molar-refractivity contribution >= 4 is 5.97 Å². The average molecular weight is 222 g/mol. The summed E-state index contributed by atoms with van der Waals surface area (Å²) in [6, 6.07) is 4.42. The first-order valence-electron chi connectivity index (χ1n) is 4.73. The Morgan fingerprint density at radius 3 is 2.69 bits per heavy atom. The van der Waals surface area contributed by atoms with Crippen molar-refractivity contribution in [3.05, 3.63) is 35.9 Å². The summed E-state index contributed by atoms with van der Waals surface area (Å²) >= 11 is 0. The van der Waals surface area contributed by atoms with Gasteiger partial charge in [-0.3, -0.25) is 0 Å². The number of esters is 1. The van der Waals surface area contributed by atoms with Gasteiger partial charge in [0.05, 0.1) is 7.11 Å². The van der Waals surface area contributed by atoms with Crippen LogP contribution in [0.25, 0.3) is 0 Å². The van der Waals surface area contributed by atoms with E-state index in [1.54, 1.807) is 6.07 Å². The number of carbonyl (C=O) groups is 1. The van der Waals surface area contributed by atoms with Gasteiger partial charge in [0.15, 0.2) is 0 Å². The zero-order valence-electron chi connectivity index (χ0n) is 9.32. The second kappa shape index (κ2) is 5.21. The van der Waals surface area contributed by atoms with Gasteiger partial charge in [-0.15, -0.1) is 0 Å². The lowest BCUT2D eigenvalue weighted by Gasteiger charge is -2.08. The van der Waals surface area contributed by atoms with Crippen molar-refractivity contribution in [2.75, 3.05) is 13.7 Å². The molecule has 0 bridgehead atoms. The second-order valence-corrected chi connectivity index (χ2v) is 3.42. The third-order valence-electron chi connectivity index (χ3n) is 1.86. The Labute approximate surface area is 94.1 Å². The SMILES string of the molecule is C=C(C)COc1ccc(C(=O)OC)c(O)c1. The molecule has 0 radical (unpaired) electrons. The van der Waals surface area contributed by atoms with Crippen molar-refractivity contribution < 1.29 is 19.4 Å². The van der Waals surface area contributed by atoms with E-state index >= 15 is 0 Å². The molecule has 0 fully saturated rings. The molecule has 0 atom stereocenters. The highest BCUT2D eigenvalue weighted by molar-refractivity contribution is 5.92. The van der Waals surface area contributed by atoms with E-state index in [0.717, 1.165) is 5.57 Å². The number of hydrogen-bond acceptors (Lipinski definition) is 4. The van der Waals surface area contributed by atoms with E-state index in [-0.39, 0.29) is 11.3 Å². The minimum atomic E-state index is -0.580. The summed E-state index contributed by atoms with van der Waals surface area (Å²) in [5.41, 5.74) is 0.988. The smallest absolute Gasteiger partial charge is 0.341 e. The summed E-state index contributed by atoms with van der Waals surface area (Å²) in [7, 11) is 1.26. The molecule has 0 heterocycles. The quantitative estimate of drug-likeness (QED) is 0.626. The van der Waals surface area contributed by atoms with Gasteiger partial charge in [-0.1, -0.05) is 6.58 Å². The number of benzene rings is 1. The molecule has 1 aromatic rings. The molecule has 0 unspecified atom stereocenters. The van der Waals surface area contributed by atoms with Crippen molar-refractivity contribution in [3.8, 4) is 11.5 Å². The van der Waals surface area contributed by atoms with Crippen molar-refractivity contribution in [1.29, 1.82) is 0 Å². The summed E-state index contributed by atoms with van der Waals surface area (Å²) in [4.78, 5) is 11.2. The van der Waals surface area contributed by atoms with Gasteiger partial charge >= 0.3 is 5.97 Å². The molecule has 0 aliphatic rings. The van der Waals surface area contributed by atoms with Crippen LogP contribution in [0, 0.1) is 0 Å². The van der Waals surface area contributed by atoms with E-state index < -0.39 is 5.97 Å². The Balaban J connectivity index is 2.82. The van der Waals surface area contributed by atoms with E-state index in [0.29, 0.717) is 12.4 Å². The average Bonchev–Trinajstić information content (AvgIpc) is 2.25. The molecule has 1 rings (SSSR count). The van der Waals surface area contributed by atoms with Crippen molar-refractivity contribution in [3.63, 3.8) is 0 Å². The van der Waals surface area contributed by atoms with Crippen LogP contribution in [0.4, 0.5) is 0 Å². The van der Waals surface area contributed by atoms with E-state index in [1.165, 1.54) is 19.2 Å². The topological polar surface area (TPSA) is 55.8 Å². The first kappa shape index (κ1) is 12.1. The molecule has 0 spiro atoms. The van der Waals surface area contributed by atoms with E-state index in [1.807, 2.05) is 6.92 Å². The number of ether oxygens (including phenoxy) is 2. The highest BCUT2D eigenvalue weighted by atomic mass is 16.5. The van der Waals surface area contributed by atoms with Gasteiger partial charge in [-0.2, -0.15) is 0 Å². The molecule has 1 aromatic carbocycles. The predicted molar refractivity (Wildman–Crippen MR) is 59.8 cm³/mol. The van der Waals surface area contributed by atoms with Gasteiger partial charge in [0.1, 0.15) is 23.7 Å². The van der Waals surface area contributed by atoms with Gasteiger partial charge in [-0.05, 0) is 24.6 Å². The summed E-state index contributed by atoms with van der Waals surface area (Å²) in [6.07, 6.45) is 0. The highest BCUT2D eigenvalue weighted by Gasteiger charge is 2.11. The number of phenols is 1. The summed E-state index contributed by atoms with van der Waals surface area (Å²) in [5, 5.41) is 9.55. The zero-order valence-corrected chi connectivity index (χ0v) is 9.32. The van der Waals surface area contributed by atoms with Crippen LogP contribution in [0.5, 0.6) is 11.5 Å². The van der Waals surface area contributed by atoms with Gasteiger partial charge in [-0.25, -0.2) is 4.79 Å². The fraction of sp³-hybridized carbons (Fsp3) is 0.250. The van der Waals surface area contributed by atoms with E-state index in [2.05, 4.69) is 11.3 Å². The summed E-state index contributed by atoms with van der Waals surface area (Å²) in [5.74, 6) is -0.261. The molecule has 0 aromatic heterocycles. The first-order valence-corrected chi connectivity index (χ1v) is 4.73. The van der Waals surface area contributed by atoms with Gasteiger partial charge in [0.2, 0.25) is 0 Å². The number of carbonyl (C=O) groups excluding carboxylic acids is 1. The largest absolute Gasteiger partial charge is 0.507 e. The lowest BCUT2D eigenvalue weighted by atomic mass is 10.2. The van der Waals surface area contributed by atoms with Crippen LogP contribution >= 0.6 is 0 Å². The molecule has 0 aliphatic carbocycles. The Bertz CT molecular complexity index is 409. The standard InChI is InChI=1S/C12H14O4/c1-8(2)7-16-9-4-5-10(11(13)6-9)12(14)15-3/h4-6,13H,1,7H2,2-3H3. The summed E-state index contributed by atoms with van der Waals surface area (Å²) in [6.45, 7) is 5.90. The molecule has 0 aliphatic heterocycles. The molecule has 4 heteroatoms. The third-order valence-corrected chi connectivity index (χ3v) is 1.86. The number of aromatic hydroxyl groups is 1. The molecule has 16 heavy (non-hydrogen) atoms. The van der Waals surface area contributed by atoms with Crippen LogP contribution in [0.3, 0.4) is 0 Å². The summed E-state index contributed by atoms with van der Waals surface area (Å²) < 4.78 is 9.81. The predicted octanol–water partition coefficient (Wildman–Crippen LogP) is 2.13. The molecule has 1 N–H and O–H groups in total. The molecule has 0 saturated heterocycles. The lowest BCUT2D eigenvalue weighted by Crippen LogP contribution is -2.02. The number of phenolic OH excluding ortho intramolecular Hbond substituents is 1. The second-order valence-electron chi connectivity index (χ2n) is 3.42. The van der Waals surface area contributed by atoms with Crippen molar-refractivity contribution in [2.45, 2.75) is 6.92 Å². The Morgan fingerprint density at radius 2 is 2.19 bits per heavy atom. The molecule has 0 amide bonds. The number of rotatable bonds is 4. The lowest BCUT2D eigenvalue weighted by molar-refractivity contribution is 0.0597. The minimum Gasteiger partial charge on any atom is -0.507 e. The normalized spacial score (nSPS) is 9.62. The Morgan fingerprint density at radius 1 is 1.50 bits per heavy atom. The minimum absolute atomic E-state index is 0.116. The molecule has 0 saturated carbocycles. The van der Waals surface area contributed by atoms with Crippen LogP contribution in [0.15, 0.2) is 30.4 Å². The van der Waals surface area contributed by atoms with Crippen molar-refractivity contribution in [1.82, 2.24) is 0 Å². The van der Waals surface area contributed by atoms with Crippen LogP contribution < -0.4 is 4.74 Å². The molecular formula is C12H14O4. The monoisotopic (exact) mass is 222 g/mol. The number of hydrogen-bond donors (Lipinski definition) is 1. The highest BCUT2D eigenvalue weighted by Crippen LogP contribution is 2.24. The van der Waals surface area contributed by atoms with Crippen LogP contribution in [0.1, 0.15) is 17.3 Å². The van der Waals surface area contributed by atoms with Crippen LogP contribution in [0.2, 0.25) is 0 Å². The van der Waals surface area contributed by atoms with Crippen LogP contribution in [-0.4, -0.2) is 24.8 Å². The number of methoxy groups -OCH3 is 1. The van der Waals surface area contributed by atoms with Gasteiger partial charge in [0, 0.05) is 6.07 Å². The Kier molecular flexibility index (Phi) is 3.94. The van der Waals surface area contributed by atoms with Crippen molar-refractivity contribution in [2.24, 2.45) is 0 Å². The van der Waals surface area contributed by atoms with E-state index in [9.17, 15) is 9.90 Å². The van der Waals surface area contributed by atoms with E-state index in [4.69, 9.17) is 4.74 Å². The van der Waals surface area contributed by atoms with Crippen LogP contribution in [-0.2, 0) is 4.74 Å². The van der Waals surface area contributed by atoms with Gasteiger partial charge < -0.3 is 14.6 Å². The maximum Gasteiger partial charge on any atom is 0.341 e. The molecular weight excluding hydrogens is 208 g/mol. The van der Waals surface area contributed by atoms with Gasteiger partial charge in [0.25, 0.3) is 0 Å². The zero-order chi connectivity index (χ0) is 12.1. The Hall–Kier alpha value is -1.97.